The molecule has 1 aliphatic heterocycles. The van der Waals surface area contributed by atoms with Gasteiger partial charge in [-0.3, -0.25) is 9.78 Å². The Morgan fingerprint density at radius 1 is 1.23 bits per heavy atom. The van der Waals surface area contributed by atoms with Gasteiger partial charge < -0.3 is 21.7 Å². The Morgan fingerprint density at radius 3 is 2.81 bits per heavy atom. The van der Waals surface area contributed by atoms with Crippen molar-refractivity contribution < 1.29 is 9.18 Å². The van der Waals surface area contributed by atoms with Crippen molar-refractivity contribution in [3.63, 3.8) is 0 Å². The fraction of sp³-hybridized carbons (Fsp3) is 0.261. The lowest BCUT2D eigenvalue weighted by molar-refractivity contribution is 0.102. The Balaban J connectivity index is 1.63. The molecule has 1 fully saturated rings. The van der Waals surface area contributed by atoms with Crippen LogP contribution in [0.15, 0.2) is 54.9 Å². The van der Waals surface area contributed by atoms with E-state index in [2.05, 4.69) is 20.2 Å². The molecule has 3 heterocycles. The molecule has 31 heavy (non-hydrogen) atoms. The van der Waals surface area contributed by atoms with E-state index in [0.717, 1.165) is 25.1 Å². The number of anilines is 3. The van der Waals surface area contributed by atoms with Crippen LogP contribution in [0.5, 0.6) is 0 Å². The van der Waals surface area contributed by atoms with Gasteiger partial charge in [0, 0.05) is 30.4 Å². The Bertz CT molecular complexity index is 1120. The number of benzene rings is 1. The first-order valence-corrected chi connectivity index (χ1v) is 10.1. The summed E-state index contributed by atoms with van der Waals surface area (Å²) in [5.74, 6) is -0.909. The molecule has 1 saturated heterocycles. The van der Waals surface area contributed by atoms with Crippen LogP contribution in [0, 0.1) is 5.82 Å². The molecule has 160 valence electrons. The number of carbonyl (C=O) groups excluding carboxylic acids is 1. The predicted octanol–water partition coefficient (Wildman–Crippen LogP) is 3.43. The van der Waals surface area contributed by atoms with Gasteiger partial charge in [0.25, 0.3) is 5.91 Å². The zero-order valence-corrected chi connectivity index (χ0v) is 17.3. The number of aromatic nitrogens is 2. The summed E-state index contributed by atoms with van der Waals surface area (Å²) >= 11 is 0. The summed E-state index contributed by atoms with van der Waals surface area (Å²) in [4.78, 5) is 23.7. The Hall–Kier alpha value is -3.52. The van der Waals surface area contributed by atoms with Crippen LogP contribution in [0.4, 0.5) is 21.5 Å². The largest absolute Gasteiger partial charge is 0.397 e. The number of piperidine rings is 1. The summed E-state index contributed by atoms with van der Waals surface area (Å²) in [6.07, 6.45) is 5.17. The van der Waals surface area contributed by atoms with Crippen molar-refractivity contribution in [1.29, 1.82) is 0 Å². The Kier molecular flexibility index (Phi) is 5.56. The van der Waals surface area contributed by atoms with E-state index in [0.29, 0.717) is 23.5 Å². The van der Waals surface area contributed by atoms with Crippen LogP contribution in [-0.4, -0.2) is 34.5 Å². The second-order valence-corrected chi connectivity index (χ2v) is 8.14. The van der Waals surface area contributed by atoms with Crippen LogP contribution in [-0.2, 0) is 0 Å². The van der Waals surface area contributed by atoms with Crippen LogP contribution in [0.25, 0.3) is 11.3 Å². The van der Waals surface area contributed by atoms with E-state index in [1.165, 1.54) is 6.07 Å². The van der Waals surface area contributed by atoms with Gasteiger partial charge in [-0.05, 0) is 50.1 Å². The van der Waals surface area contributed by atoms with Crippen molar-refractivity contribution in [3.05, 3.63) is 66.4 Å². The van der Waals surface area contributed by atoms with Gasteiger partial charge in [-0.1, -0.05) is 12.1 Å². The van der Waals surface area contributed by atoms with Gasteiger partial charge >= 0.3 is 0 Å². The van der Waals surface area contributed by atoms with E-state index in [-0.39, 0.29) is 16.9 Å². The number of carbonyl (C=O) groups is 1. The summed E-state index contributed by atoms with van der Waals surface area (Å²) in [7, 11) is 0. The number of hydrogen-bond donors (Lipinski definition) is 3. The highest BCUT2D eigenvalue weighted by Crippen LogP contribution is 2.30. The average Bonchev–Trinajstić information content (AvgIpc) is 2.74. The monoisotopic (exact) mass is 420 g/mol. The molecule has 1 aromatic carbocycles. The topological polar surface area (TPSA) is 110 Å². The molecule has 1 atom stereocenters. The zero-order valence-electron chi connectivity index (χ0n) is 17.3. The van der Waals surface area contributed by atoms with Crippen molar-refractivity contribution in [1.82, 2.24) is 9.97 Å². The van der Waals surface area contributed by atoms with E-state index < -0.39 is 11.7 Å². The first-order chi connectivity index (χ1) is 14.8. The first-order valence-electron chi connectivity index (χ1n) is 10.1. The molecule has 0 bridgehead atoms. The summed E-state index contributed by atoms with van der Waals surface area (Å²) in [6.45, 7) is 3.53. The fourth-order valence-corrected chi connectivity index (χ4v) is 3.88. The molecule has 7 nitrogen and oxygen atoms in total. The van der Waals surface area contributed by atoms with E-state index in [1.54, 1.807) is 42.7 Å². The van der Waals surface area contributed by atoms with Gasteiger partial charge in [0.1, 0.15) is 5.82 Å². The lowest BCUT2D eigenvalue weighted by atomic mass is 9.92. The van der Waals surface area contributed by atoms with Crippen molar-refractivity contribution in [2.75, 3.05) is 29.0 Å². The summed E-state index contributed by atoms with van der Waals surface area (Å²) < 4.78 is 14.2. The van der Waals surface area contributed by atoms with Crippen LogP contribution in [0.3, 0.4) is 0 Å². The minimum atomic E-state index is -0.488. The predicted molar refractivity (Wildman–Crippen MR) is 120 cm³/mol. The summed E-state index contributed by atoms with van der Waals surface area (Å²) in [5.41, 5.74) is 14.3. The smallest absolute Gasteiger partial charge is 0.276 e. The molecule has 5 N–H and O–H groups in total. The molecule has 3 aromatic rings. The Labute approximate surface area is 180 Å². The quantitative estimate of drug-likeness (QED) is 0.596. The standard InChI is InChI=1S/C23H25FN6O/c1-23(26)10-4-12-30(14-23)20-9-11-27-13-19(20)29-22(31)21-17(25)7-8-18(28-21)15-5-2-3-6-16(15)24/h2-3,5-9,11,13H,4,10,12,14,25-26H2,1H3,(H,29,31). The number of nitrogens with zero attached hydrogens (tertiary/aromatic N) is 3. The van der Waals surface area contributed by atoms with E-state index in [1.807, 2.05) is 13.0 Å². The lowest BCUT2D eigenvalue weighted by Gasteiger charge is -2.39. The number of nitrogens with one attached hydrogen (secondary N) is 1. The molecule has 8 heteroatoms. The highest BCUT2D eigenvalue weighted by molar-refractivity contribution is 6.07. The highest BCUT2D eigenvalue weighted by Gasteiger charge is 2.28. The third kappa shape index (κ3) is 4.49. The molecular weight excluding hydrogens is 395 g/mol. The molecule has 1 aliphatic rings. The molecule has 1 unspecified atom stereocenters. The van der Waals surface area contributed by atoms with E-state index >= 15 is 0 Å². The van der Waals surface area contributed by atoms with Crippen LogP contribution < -0.4 is 21.7 Å². The normalized spacial score (nSPS) is 18.6. The molecule has 0 aliphatic carbocycles. The van der Waals surface area contributed by atoms with Crippen molar-refractivity contribution in [2.45, 2.75) is 25.3 Å². The zero-order chi connectivity index (χ0) is 22.0. The fourth-order valence-electron chi connectivity index (χ4n) is 3.88. The molecule has 2 aromatic heterocycles. The SMILES string of the molecule is CC1(N)CCCN(c2ccncc2NC(=O)c2nc(-c3ccccc3F)ccc2N)C1. The van der Waals surface area contributed by atoms with E-state index in [4.69, 9.17) is 11.5 Å². The molecular formula is C23H25FN6O. The Morgan fingerprint density at radius 2 is 2.03 bits per heavy atom. The molecule has 1 amide bonds. The lowest BCUT2D eigenvalue weighted by Crippen LogP contribution is -2.52. The van der Waals surface area contributed by atoms with Gasteiger partial charge in [0.2, 0.25) is 0 Å². The first kappa shape index (κ1) is 20.7. The number of pyridine rings is 2. The molecule has 0 saturated carbocycles. The number of nitrogens with two attached hydrogens (primary N) is 2. The number of hydrogen-bond acceptors (Lipinski definition) is 6. The van der Waals surface area contributed by atoms with Crippen molar-refractivity contribution >= 4 is 23.0 Å². The number of rotatable bonds is 4. The van der Waals surface area contributed by atoms with Gasteiger partial charge in [-0.2, -0.15) is 0 Å². The maximum absolute atomic E-state index is 14.2. The van der Waals surface area contributed by atoms with Crippen molar-refractivity contribution in [3.8, 4) is 11.3 Å². The molecule has 4 rings (SSSR count). The summed E-state index contributed by atoms with van der Waals surface area (Å²) in [6, 6.07) is 11.3. The second-order valence-electron chi connectivity index (χ2n) is 8.14. The van der Waals surface area contributed by atoms with Gasteiger partial charge in [-0.15, -0.1) is 0 Å². The molecule has 0 radical (unpaired) electrons. The number of nitrogen functional groups attached to an aromatic ring is 1. The van der Waals surface area contributed by atoms with Crippen LogP contribution in [0.1, 0.15) is 30.3 Å². The van der Waals surface area contributed by atoms with Gasteiger partial charge in [0.15, 0.2) is 5.69 Å². The highest BCUT2D eigenvalue weighted by atomic mass is 19.1. The number of amides is 1. The van der Waals surface area contributed by atoms with Crippen molar-refractivity contribution in [2.24, 2.45) is 5.73 Å². The van der Waals surface area contributed by atoms with E-state index in [9.17, 15) is 9.18 Å². The third-order valence-corrected chi connectivity index (χ3v) is 5.41. The minimum absolute atomic E-state index is 0.0258. The van der Waals surface area contributed by atoms with Crippen LogP contribution in [0.2, 0.25) is 0 Å². The van der Waals surface area contributed by atoms with Crippen LogP contribution >= 0.6 is 0 Å². The minimum Gasteiger partial charge on any atom is -0.397 e. The summed E-state index contributed by atoms with van der Waals surface area (Å²) in [5, 5.41) is 2.87. The maximum Gasteiger partial charge on any atom is 0.276 e. The second kappa shape index (κ2) is 8.31. The average molecular weight is 420 g/mol. The molecule has 0 spiro atoms. The van der Waals surface area contributed by atoms with Gasteiger partial charge in [-0.25, -0.2) is 9.37 Å². The van der Waals surface area contributed by atoms with Gasteiger partial charge in [0.05, 0.1) is 29.0 Å². The number of halogens is 1. The third-order valence-electron chi connectivity index (χ3n) is 5.41. The maximum atomic E-state index is 14.2.